The molecule has 0 spiro atoms. The number of nitrogens with zero attached hydrogens (tertiary/aromatic N) is 3. The molecule has 1 aliphatic heterocycles. The average molecular weight is 316 g/mol. The van der Waals surface area contributed by atoms with Gasteiger partial charge in [-0.25, -0.2) is 0 Å². The molecule has 8 nitrogen and oxygen atoms in total. The molecule has 3 rings (SSSR count). The molecule has 1 unspecified atom stereocenters. The van der Waals surface area contributed by atoms with E-state index in [9.17, 15) is 9.59 Å². The molecular weight excluding hydrogens is 300 g/mol. The van der Waals surface area contributed by atoms with Gasteiger partial charge in [0.1, 0.15) is 11.7 Å². The summed E-state index contributed by atoms with van der Waals surface area (Å²) in [6.07, 6.45) is 1.99. The highest BCUT2D eigenvalue weighted by Crippen LogP contribution is 2.18. The van der Waals surface area contributed by atoms with Crippen molar-refractivity contribution in [2.45, 2.75) is 12.5 Å². The summed E-state index contributed by atoms with van der Waals surface area (Å²) in [7, 11) is 1.51. The smallest absolute Gasteiger partial charge is 0.260 e. The number of aromatic nitrogens is 3. The number of carbonyl (C=O) groups is 1. The van der Waals surface area contributed by atoms with E-state index < -0.39 is 0 Å². The van der Waals surface area contributed by atoms with Crippen molar-refractivity contribution < 1.29 is 14.3 Å². The number of ether oxygens (including phenoxy) is 2. The highest BCUT2D eigenvalue weighted by Gasteiger charge is 2.29. The molecule has 1 N–H and O–H groups in total. The molecule has 120 valence electrons. The number of hydrogen-bond acceptors (Lipinski definition) is 6. The number of H-pyrrole nitrogens is 1. The molecule has 2 aromatic rings. The van der Waals surface area contributed by atoms with E-state index >= 15 is 0 Å². The van der Waals surface area contributed by atoms with Gasteiger partial charge in [-0.1, -0.05) is 0 Å². The molecule has 0 aliphatic carbocycles. The zero-order valence-electron chi connectivity index (χ0n) is 12.6. The van der Waals surface area contributed by atoms with Gasteiger partial charge < -0.3 is 19.4 Å². The third-order valence-corrected chi connectivity index (χ3v) is 3.59. The Balaban J connectivity index is 1.63. The molecule has 1 saturated heterocycles. The molecule has 3 heterocycles. The van der Waals surface area contributed by atoms with Crippen molar-refractivity contribution in [3.8, 4) is 11.8 Å². The Kier molecular flexibility index (Phi) is 4.22. The van der Waals surface area contributed by atoms with E-state index in [1.165, 1.54) is 19.4 Å². The second-order valence-electron chi connectivity index (χ2n) is 5.11. The Morgan fingerprint density at radius 1 is 1.30 bits per heavy atom. The van der Waals surface area contributed by atoms with Crippen LogP contribution in [0, 0.1) is 0 Å². The normalized spacial score (nSPS) is 17.1. The van der Waals surface area contributed by atoms with E-state index in [2.05, 4.69) is 15.2 Å². The van der Waals surface area contributed by atoms with Gasteiger partial charge in [0.2, 0.25) is 11.8 Å². The lowest BCUT2D eigenvalue weighted by Gasteiger charge is -2.16. The summed E-state index contributed by atoms with van der Waals surface area (Å²) in [5, 5.41) is 7.73. The molecule has 1 fully saturated rings. The van der Waals surface area contributed by atoms with Gasteiger partial charge in [-0.15, -0.1) is 10.2 Å². The first-order valence-corrected chi connectivity index (χ1v) is 7.18. The van der Waals surface area contributed by atoms with Crippen LogP contribution in [0.1, 0.15) is 16.8 Å². The summed E-state index contributed by atoms with van der Waals surface area (Å²) >= 11 is 0. The topological polar surface area (TPSA) is 97.4 Å². The van der Waals surface area contributed by atoms with Crippen LogP contribution in [0.5, 0.6) is 11.8 Å². The van der Waals surface area contributed by atoms with Crippen molar-refractivity contribution in [1.82, 2.24) is 20.1 Å². The van der Waals surface area contributed by atoms with Crippen LogP contribution in [0.3, 0.4) is 0 Å². The zero-order valence-corrected chi connectivity index (χ0v) is 12.6. The summed E-state index contributed by atoms with van der Waals surface area (Å²) in [5.41, 5.74) is -0.250. The average Bonchev–Trinajstić information content (AvgIpc) is 3.04. The number of aromatic amines is 1. The number of amides is 1. The van der Waals surface area contributed by atoms with Gasteiger partial charge in [-0.3, -0.25) is 9.59 Å². The lowest BCUT2D eigenvalue weighted by atomic mass is 10.2. The van der Waals surface area contributed by atoms with E-state index in [1.807, 2.05) is 0 Å². The summed E-state index contributed by atoms with van der Waals surface area (Å²) in [4.78, 5) is 28.1. The minimum absolute atomic E-state index is 0.136. The van der Waals surface area contributed by atoms with Crippen molar-refractivity contribution >= 4 is 5.91 Å². The first-order valence-electron chi connectivity index (χ1n) is 7.18. The summed E-state index contributed by atoms with van der Waals surface area (Å²) < 4.78 is 10.6. The maximum atomic E-state index is 12.4. The number of nitrogens with one attached hydrogen (secondary N) is 1. The second-order valence-corrected chi connectivity index (χ2v) is 5.11. The Morgan fingerprint density at radius 2 is 2.09 bits per heavy atom. The predicted molar refractivity (Wildman–Crippen MR) is 80.6 cm³/mol. The molecule has 1 amide bonds. The molecule has 0 aromatic carbocycles. The van der Waals surface area contributed by atoms with Crippen LogP contribution < -0.4 is 15.0 Å². The van der Waals surface area contributed by atoms with Gasteiger partial charge in [0.05, 0.1) is 13.7 Å². The summed E-state index contributed by atoms with van der Waals surface area (Å²) in [5.74, 6) is 0.491. The van der Waals surface area contributed by atoms with Gasteiger partial charge in [-0.05, 0) is 12.1 Å². The predicted octanol–water partition coefficient (Wildman–Crippen LogP) is 0.467. The quantitative estimate of drug-likeness (QED) is 0.880. The maximum Gasteiger partial charge on any atom is 0.260 e. The van der Waals surface area contributed by atoms with E-state index in [4.69, 9.17) is 9.47 Å². The second kappa shape index (κ2) is 6.47. The largest absolute Gasteiger partial charge is 0.480 e. The fraction of sp³-hybridized carbons (Fsp3) is 0.333. The number of likely N-dealkylation sites (tertiary alicyclic amines) is 1. The van der Waals surface area contributed by atoms with E-state index in [1.54, 1.807) is 23.1 Å². The Bertz CT molecular complexity index is 744. The van der Waals surface area contributed by atoms with E-state index in [0.717, 1.165) is 0 Å². The van der Waals surface area contributed by atoms with Gasteiger partial charge in [-0.2, -0.15) is 0 Å². The Hall–Kier alpha value is -2.90. The van der Waals surface area contributed by atoms with Crippen LogP contribution in [-0.2, 0) is 0 Å². The van der Waals surface area contributed by atoms with Crippen molar-refractivity contribution in [3.63, 3.8) is 0 Å². The fourth-order valence-corrected chi connectivity index (χ4v) is 2.42. The standard InChI is InChI=1S/C15H16N4O4/c1-22-12-4-5-13(18-17-12)23-10-6-8-19(9-10)15(21)11-3-2-7-16-14(11)20/h2-5,7,10H,6,8-9H2,1H3,(H,16,20). The van der Waals surface area contributed by atoms with Crippen LogP contribution in [0.4, 0.5) is 0 Å². The van der Waals surface area contributed by atoms with Gasteiger partial charge in [0.25, 0.3) is 11.5 Å². The van der Waals surface area contributed by atoms with Crippen molar-refractivity contribution in [3.05, 3.63) is 46.4 Å². The first-order chi connectivity index (χ1) is 11.2. The third kappa shape index (κ3) is 3.31. The number of methoxy groups -OCH3 is 1. The van der Waals surface area contributed by atoms with Crippen molar-refractivity contribution in [2.24, 2.45) is 0 Å². The molecule has 0 bridgehead atoms. The van der Waals surface area contributed by atoms with E-state index in [-0.39, 0.29) is 23.1 Å². The fourth-order valence-electron chi connectivity index (χ4n) is 2.42. The SMILES string of the molecule is COc1ccc(OC2CCN(C(=O)c3ccc[nH]c3=O)C2)nn1. The van der Waals surface area contributed by atoms with Crippen LogP contribution in [-0.4, -0.2) is 52.3 Å². The highest BCUT2D eigenvalue weighted by atomic mass is 16.5. The Morgan fingerprint density at radius 3 is 2.78 bits per heavy atom. The van der Waals surface area contributed by atoms with Gasteiger partial charge in [0.15, 0.2) is 0 Å². The summed E-state index contributed by atoms with van der Waals surface area (Å²) in [6, 6.07) is 6.47. The molecule has 23 heavy (non-hydrogen) atoms. The molecule has 1 atom stereocenters. The van der Waals surface area contributed by atoms with Crippen molar-refractivity contribution in [2.75, 3.05) is 20.2 Å². The zero-order chi connectivity index (χ0) is 16.2. The number of carbonyl (C=O) groups excluding carboxylic acids is 1. The monoisotopic (exact) mass is 316 g/mol. The van der Waals surface area contributed by atoms with Crippen LogP contribution in [0.15, 0.2) is 35.3 Å². The van der Waals surface area contributed by atoms with E-state index in [0.29, 0.717) is 31.3 Å². The maximum absolute atomic E-state index is 12.4. The molecule has 0 radical (unpaired) electrons. The molecule has 0 saturated carbocycles. The Labute approximate surface area is 132 Å². The number of pyridine rings is 1. The first kappa shape index (κ1) is 15.0. The van der Waals surface area contributed by atoms with Gasteiger partial charge >= 0.3 is 0 Å². The molecule has 2 aromatic heterocycles. The van der Waals surface area contributed by atoms with Crippen LogP contribution in [0.2, 0.25) is 0 Å². The number of rotatable bonds is 4. The van der Waals surface area contributed by atoms with Gasteiger partial charge in [0, 0.05) is 31.3 Å². The number of hydrogen-bond donors (Lipinski definition) is 1. The lowest BCUT2D eigenvalue weighted by Crippen LogP contribution is -2.34. The molecule has 8 heteroatoms. The van der Waals surface area contributed by atoms with Crippen LogP contribution in [0.25, 0.3) is 0 Å². The minimum atomic E-state index is -0.386. The third-order valence-electron chi connectivity index (χ3n) is 3.59. The molecular formula is C15H16N4O4. The molecule has 1 aliphatic rings. The summed E-state index contributed by atoms with van der Waals surface area (Å²) in [6.45, 7) is 0.933. The minimum Gasteiger partial charge on any atom is -0.480 e. The van der Waals surface area contributed by atoms with Crippen LogP contribution >= 0.6 is 0 Å². The van der Waals surface area contributed by atoms with Crippen molar-refractivity contribution in [1.29, 1.82) is 0 Å². The lowest BCUT2D eigenvalue weighted by molar-refractivity contribution is 0.0769. The highest BCUT2D eigenvalue weighted by molar-refractivity contribution is 5.94.